The monoisotopic (exact) mass is 356 g/mol. The minimum atomic E-state index is -0.281. The Morgan fingerprint density at radius 1 is 1.04 bits per heavy atom. The molecule has 0 unspecified atom stereocenters. The predicted molar refractivity (Wildman–Crippen MR) is 102 cm³/mol. The Bertz CT molecular complexity index is 858. The lowest BCUT2D eigenvalue weighted by Gasteiger charge is -2.03. The molecule has 0 radical (unpaired) electrons. The first-order valence-corrected chi connectivity index (χ1v) is 8.42. The van der Waals surface area contributed by atoms with Crippen LogP contribution >= 0.6 is 0 Å². The Kier molecular flexibility index (Phi) is 6.16. The second-order valence-electron chi connectivity index (χ2n) is 6.19. The number of anilines is 2. The number of ketones is 1. The van der Waals surface area contributed by atoms with Gasteiger partial charge in [0.15, 0.2) is 5.78 Å². The van der Waals surface area contributed by atoms with Crippen LogP contribution in [0.4, 0.5) is 11.4 Å². The quantitative estimate of drug-likeness (QED) is 0.748. The molecule has 26 heavy (non-hydrogen) atoms. The van der Waals surface area contributed by atoms with Gasteiger partial charge in [-0.25, -0.2) is 0 Å². The van der Waals surface area contributed by atoms with Gasteiger partial charge in [0.1, 0.15) is 5.69 Å². The number of aryl methyl sites for hydroxylation is 2. The van der Waals surface area contributed by atoms with E-state index in [1.807, 2.05) is 18.5 Å². The Morgan fingerprint density at radius 3 is 2.35 bits per heavy atom. The molecule has 0 saturated heterocycles. The number of carbonyl (C=O) groups excluding carboxylic acids is 3. The van der Waals surface area contributed by atoms with Crippen LogP contribution in [-0.2, 0) is 23.7 Å². The van der Waals surface area contributed by atoms with Crippen LogP contribution in [0.2, 0.25) is 0 Å². The Balaban J connectivity index is 2.10. The number of rotatable bonds is 7. The smallest absolute Gasteiger partial charge is 0.272 e. The molecule has 0 aliphatic rings. The molecule has 2 aromatic heterocycles. The van der Waals surface area contributed by atoms with E-state index >= 15 is 0 Å². The van der Waals surface area contributed by atoms with Gasteiger partial charge < -0.3 is 19.8 Å². The lowest BCUT2D eigenvalue weighted by atomic mass is 10.3. The summed E-state index contributed by atoms with van der Waals surface area (Å²) in [6, 6.07) is 3.42. The topological polar surface area (TPSA) is 85.1 Å². The number of nitrogens with zero attached hydrogens (tertiary/aromatic N) is 2. The van der Waals surface area contributed by atoms with Gasteiger partial charge in [0.2, 0.25) is 5.91 Å². The molecule has 2 rings (SSSR count). The van der Waals surface area contributed by atoms with Gasteiger partial charge in [-0.05, 0) is 37.6 Å². The molecule has 0 aliphatic carbocycles. The lowest BCUT2D eigenvalue weighted by molar-refractivity contribution is -0.116. The molecule has 0 spiro atoms. The zero-order valence-corrected chi connectivity index (χ0v) is 15.5. The Labute approximate surface area is 152 Å². The van der Waals surface area contributed by atoms with Crippen molar-refractivity contribution in [3.8, 4) is 0 Å². The maximum absolute atomic E-state index is 12.5. The third-order valence-electron chi connectivity index (χ3n) is 3.79. The third kappa shape index (κ3) is 4.95. The molecule has 0 bridgehead atoms. The summed E-state index contributed by atoms with van der Waals surface area (Å²) in [6.45, 7) is 3.41. The molecule has 2 aromatic rings. The van der Waals surface area contributed by atoms with Crippen molar-refractivity contribution in [2.45, 2.75) is 26.7 Å². The molecule has 0 aromatic carbocycles. The summed E-state index contributed by atoms with van der Waals surface area (Å²) in [7, 11) is 3.58. The highest BCUT2D eigenvalue weighted by molar-refractivity contribution is 6.04. The van der Waals surface area contributed by atoms with Crippen molar-refractivity contribution in [3.63, 3.8) is 0 Å². The molecular weight excluding hydrogens is 332 g/mol. The fourth-order valence-electron chi connectivity index (χ4n) is 2.52. The lowest BCUT2D eigenvalue weighted by Crippen LogP contribution is -2.14. The molecule has 138 valence electrons. The standard InChI is InChI=1S/C19H24N4O3/c1-5-6-18(25)20-15-10-17(23(4)12-15)19(26)21-14-9-16(22(3)11-14)8-7-13(2)24/h7-12H,5-6H2,1-4H3,(H,20,25)(H,21,26). The number of amides is 2. The van der Waals surface area contributed by atoms with E-state index in [1.165, 1.54) is 13.0 Å². The first-order valence-electron chi connectivity index (χ1n) is 8.42. The summed E-state index contributed by atoms with van der Waals surface area (Å²) >= 11 is 0. The van der Waals surface area contributed by atoms with Crippen molar-refractivity contribution in [3.05, 3.63) is 42.0 Å². The predicted octanol–water partition coefficient (Wildman–Crippen LogP) is 2.96. The normalized spacial score (nSPS) is 10.9. The van der Waals surface area contributed by atoms with Crippen LogP contribution in [-0.4, -0.2) is 26.7 Å². The van der Waals surface area contributed by atoms with Crippen molar-refractivity contribution in [2.75, 3.05) is 10.6 Å². The molecule has 2 heterocycles. The summed E-state index contributed by atoms with van der Waals surface area (Å²) in [4.78, 5) is 35.3. The molecule has 2 amide bonds. The summed E-state index contributed by atoms with van der Waals surface area (Å²) in [5.41, 5.74) is 2.45. The zero-order chi connectivity index (χ0) is 19.3. The second-order valence-corrected chi connectivity index (χ2v) is 6.19. The van der Waals surface area contributed by atoms with Gasteiger partial charge in [0, 0.05) is 38.6 Å². The number of hydrogen-bond acceptors (Lipinski definition) is 3. The Morgan fingerprint density at radius 2 is 1.69 bits per heavy atom. The van der Waals surface area contributed by atoms with Crippen LogP contribution in [0.25, 0.3) is 6.08 Å². The van der Waals surface area contributed by atoms with E-state index in [0.29, 0.717) is 23.5 Å². The van der Waals surface area contributed by atoms with Gasteiger partial charge in [-0.2, -0.15) is 0 Å². The van der Waals surface area contributed by atoms with Gasteiger partial charge in [-0.3, -0.25) is 14.4 Å². The summed E-state index contributed by atoms with van der Waals surface area (Å²) < 4.78 is 3.48. The molecule has 7 nitrogen and oxygen atoms in total. The highest BCUT2D eigenvalue weighted by Crippen LogP contribution is 2.18. The number of carbonyl (C=O) groups is 3. The van der Waals surface area contributed by atoms with Gasteiger partial charge in [0.05, 0.1) is 11.4 Å². The summed E-state index contributed by atoms with van der Waals surface area (Å²) in [5, 5.41) is 5.61. The first-order chi connectivity index (χ1) is 12.3. The van der Waals surface area contributed by atoms with E-state index in [1.54, 1.807) is 42.2 Å². The van der Waals surface area contributed by atoms with E-state index in [0.717, 1.165) is 12.1 Å². The number of nitrogens with one attached hydrogen (secondary N) is 2. The maximum Gasteiger partial charge on any atom is 0.272 e. The summed E-state index contributed by atoms with van der Waals surface area (Å²) in [6.07, 6.45) is 7.85. The van der Waals surface area contributed by atoms with Crippen LogP contribution in [0.15, 0.2) is 30.6 Å². The average molecular weight is 356 g/mol. The number of allylic oxidation sites excluding steroid dienone is 1. The largest absolute Gasteiger partial charge is 0.349 e. The van der Waals surface area contributed by atoms with Crippen molar-refractivity contribution < 1.29 is 14.4 Å². The van der Waals surface area contributed by atoms with Crippen molar-refractivity contribution in [1.82, 2.24) is 9.13 Å². The van der Waals surface area contributed by atoms with E-state index in [4.69, 9.17) is 0 Å². The van der Waals surface area contributed by atoms with Gasteiger partial charge in [-0.1, -0.05) is 6.92 Å². The molecule has 7 heteroatoms. The minimum absolute atomic E-state index is 0.0433. The second kappa shape index (κ2) is 8.33. The highest BCUT2D eigenvalue weighted by atomic mass is 16.2. The van der Waals surface area contributed by atoms with E-state index < -0.39 is 0 Å². The van der Waals surface area contributed by atoms with Crippen LogP contribution in [0.5, 0.6) is 0 Å². The minimum Gasteiger partial charge on any atom is -0.349 e. The highest BCUT2D eigenvalue weighted by Gasteiger charge is 2.14. The fourth-order valence-corrected chi connectivity index (χ4v) is 2.52. The van der Waals surface area contributed by atoms with Crippen LogP contribution in [0.1, 0.15) is 42.9 Å². The average Bonchev–Trinajstić information content (AvgIpc) is 3.07. The van der Waals surface area contributed by atoms with Gasteiger partial charge in [0.25, 0.3) is 5.91 Å². The number of aromatic nitrogens is 2. The molecule has 2 N–H and O–H groups in total. The van der Waals surface area contributed by atoms with Gasteiger partial charge in [-0.15, -0.1) is 0 Å². The van der Waals surface area contributed by atoms with Crippen molar-refractivity contribution in [1.29, 1.82) is 0 Å². The SMILES string of the molecule is CCCC(=O)Nc1cc(C(=O)Nc2cc(C=CC(C)=O)n(C)c2)n(C)c1. The van der Waals surface area contributed by atoms with Crippen LogP contribution < -0.4 is 10.6 Å². The van der Waals surface area contributed by atoms with E-state index in [-0.39, 0.29) is 17.6 Å². The third-order valence-corrected chi connectivity index (χ3v) is 3.79. The van der Waals surface area contributed by atoms with E-state index in [2.05, 4.69) is 10.6 Å². The van der Waals surface area contributed by atoms with Gasteiger partial charge >= 0.3 is 0 Å². The zero-order valence-electron chi connectivity index (χ0n) is 15.5. The summed E-state index contributed by atoms with van der Waals surface area (Å²) in [5.74, 6) is -0.399. The maximum atomic E-state index is 12.5. The molecular formula is C19H24N4O3. The first kappa shape index (κ1) is 19.2. The van der Waals surface area contributed by atoms with Crippen LogP contribution in [0.3, 0.4) is 0 Å². The van der Waals surface area contributed by atoms with E-state index in [9.17, 15) is 14.4 Å². The van der Waals surface area contributed by atoms with Crippen molar-refractivity contribution in [2.24, 2.45) is 14.1 Å². The number of hydrogen-bond donors (Lipinski definition) is 2. The fraction of sp³-hybridized carbons (Fsp3) is 0.316. The molecule has 0 fully saturated rings. The Hall–Kier alpha value is -3.09. The van der Waals surface area contributed by atoms with Crippen molar-refractivity contribution >= 4 is 35.0 Å². The molecule has 0 aliphatic heterocycles. The van der Waals surface area contributed by atoms with Crippen LogP contribution in [0, 0.1) is 0 Å². The molecule has 0 atom stereocenters. The molecule has 0 saturated carbocycles.